The van der Waals surface area contributed by atoms with Crippen molar-refractivity contribution in [3.63, 3.8) is 0 Å². The van der Waals surface area contributed by atoms with Crippen LogP contribution in [0.2, 0.25) is 0 Å². The molecule has 6 rings (SSSR count). The molecular weight excluding hydrogens is 510 g/mol. The van der Waals surface area contributed by atoms with Crippen molar-refractivity contribution >= 4 is 44.9 Å². The third-order valence-electron chi connectivity index (χ3n) is 5.98. The van der Waals surface area contributed by atoms with Gasteiger partial charge in [-0.05, 0) is 48.9 Å². The Morgan fingerprint density at radius 2 is 1.55 bits per heavy atom. The van der Waals surface area contributed by atoms with E-state index in [1.54, 1.807) is 11.3 Å². The molecule has 38 heavy (non-hydrogen) atoms. The molecule has 1 amide bonds. The summed E-state index contributed by atoms with van der Waals surface area (Å²) in [5, 5.41) is 4.39. The minimum absolute atomic E-state index is 0.126. The molecule has 0 radical (unpaired) electrons. The zero-order chi connectivity index (χ0) is 25.9. The maximum atomic E-state index is 12.7. The average Bonchev–Trinajstić information content (AvgIpc) is 3.58. The van der Waals surface area contributed by atoms with Gasteiger partial charge in [-0.3, -0.25) is 4.79 Å². The number of nitrogens with zero attached hydrogens (tertiary/aromatic N) is 2. The van der Waals surface area contributed by atoms with E-state index in [0.717, 1.165) is 38.6 Å². The molecule has 0 bridgehead atoms. The van der Waals surface area contributed by atoms with Gasteiger partial charge in [0.15, 0.2) is 5.76 Å². The summed E-state index contributed by atoms with van der Waals surface area (Å²) >= 11 is 2.95. The van der Waals surface area contributed by atoms with Crippen LogP contribution >= 0.6 is 23.1 Å². The molecular formula is C31H23N3O2S2. The molecule has 4 aromatic carbocycles. The Hall–Kier alpha value is -4.20. The Labute approximate surface area is 228 Å². The molecule has 1 N–H and O–H groups in total. The standard InChI is InChI=1S/C31H23N3O2S2/c1-20-12-17-25-26(18-20)38-30(33-25)23-13-15-24(16-14-23)32-27(35)19-37-31-34-28(21-8-4-2-5-9-21)29(36-31)22-10-6-3-7-11-22/h2-18H,19H2,1H3,(H,32,35). The molecule has 0 aliphatic heterocycles. The Bertz CT molecular complexity index is 1650. The number of carbonyl (C=O) groups is 1. The van der Waals surface area contributed by atoms with Crippen molar-refractivity contribution in [1.29, 1.82) is 0 Å². The highest BCUT2D eigenvalue weighted by molar-refractivity contribution is 7.99. The van der Waals surface area contributed by atoms with Crippen LogP contribution in [0.25, 0.3) is 43.4 Å². The van der Waals surface area contributed by atoms with Crippen LogP contribution < -0.4 is 5.32 Å². The number of rotatable bonds is 7. The van der Waals surface area contributed by atoms with Gasteiger partial charge in [-0.2, -0.15) is 0 Å². The monoisotopic (exact) mass is 533 g/mol. The second-order valence-electron chi connectivity index (χ2n) is 8.79. The number of aryl methyl sites for hydroxylation is 1. The summed E-state index contributed by atoms with van der Waals surface area (Å²) in [6, 6.07) is 33.9. The van der Waals surface area contributed by atoms with E-state index in [1.807, 2.05) is 84.9 Å². The van der Waals surface area contributed by atoms with Gasteiger partial charge in [0.2, 0.25) is 5.91 Å². The van der Waals surface area contributed by atoms with E-state index in [0.29, 0.717) is 11.0 Å². The van der Waals surface area contributed by atoms with Gasteiger partial charge in [0.05, 0.1) is 16.0 Å². The molecule has 0 aliphatic rings. The lowest BCUT2D eigenvalue weighted by Gasteiger charge is -2.05. The number of hydrogen-bond donors (Lipinski definition) is 1. The summed E-state index contributed by atoms with van der Waals surface area (Å²) in [7, 11) is 0. The van der Waals surface area contributed by atoms with Crippen LogP contribution in [-0.2, 0) is 4.79 Å². The minimum Gasteiger partial charge on any atom is -0.431 e. The van der Waals surface area contributed by atoms with Gasteiger partial charge in [-0.25, -0.2) is 9.97 Å². The van der Waals surface area contributed by atoms with Gasteiger partial charge >= 0.3 is 0 Å². The van der Waals surface area contributed by atoms with Crippen molar-refractivity contribution in [2.45, 2.75) is 12.1 Å². The Balaban J connectivity index is 1.13. The van der Waals surface area contributed by atoms with E-state index in [-0.39, 0.29) is 11.7 Å². The van der Waals surface area contributed by atoms with E-state index < -0.39 is 0 Å². The highest BCUT2D eigenvalue weighted by atomic mass is 32.2. The fourth-order valence-corrected chi connectivity index (χ4v) is 5.81. The maximum Gasteiger partial charge on any atom is 0.257 e. The second kappa shape index (κ2) is 10.7. The number of fused-ring (bicyclic) bond motifs is 1. The number of amides is 1. The van der Waals surface area contributed by atoms with Crippen molar-refractivity contribution in [3.8, 4) is 33.2 Å². The molecule has 5 nitrogen and oxygen atoms in total. The Morgan fingerprint density at radius 3 is 2.29 bits per heavy atom. The van der Waals surface area contributed by atoms with Crippen molar-refractivity contribution in [2.24, 2.45) is 0 Å². The third-order valence-corrected chi connectivity index (χ3v) is 7.87. The number of anilines is 1. The summed E-state index contributed by atoms with van der Waals surface area (Å²) in [5.41, 5.74) is 6.66. The van der Waals surface area contributed by atoms with Crippen LogP contribution in [-0.4, -0.2) is 21.6 Å². The molecule has 0 fully saturated rings. The van der Waals surface area contributed by atoms with Crippen LogP contribution in [0, 0.1) is 6.92 Å². The maximum absolute atomic E-state index is 12.7. The SMILES string of the molecule is Cc1ccc2nc(-c3ccc(NC(=O)CSc4nc(-c5ccccc5)c(-c5ccccc5)o4)cc3)sc2c1. The number of hydrogen-bond acceptors (Lipinski definition) is 6. The molecule has 2 aromatic heterocycles. The molecule has 0 saturated carbocycles. The van der Waals surface area contributed by atoms with Gasteiger partial charge in [0.1, 0.15) is 10.7 Å². The minimum atomic E-state index is -0.126. The number of carbonyl (C=O) groups excluding carboxylic acids is 1. The van der Waals surface area contributed by atoms with E-state index in [1.165, 1.54) is 22.0 Å². The number of aromatic nitrogens is 2. The fraction of sp³-hybridized carbons (Fsp3) is 0.0645. The van der Waals surface area contributed by atoms with E-state index in [4.69, 9.17) is 14.4 Å². The first kappa shape index (κ1) is 24.2. The fourth-order valence-electron chi connectivity index (χ4n) is 4.11. The molecule has 0 saturated heterocycles. The van der Waals surface area contributed by atoms with E-state index >= 15 is 0 Å². The lowest BCUT2D eigenvalue weighted by atomic mass is 10.1. The lowest BCUT2D eigenvalue weighted by Crippen LogP contribution is -2.13. The Morgan fingerprint density at radius 1 is 0.842 bits per heavy atom. The Kier molecular flexibility index (Phi) is 6.77. The predicted octanol–water partition coefficient (Wildman–Crippen LogP) is 8.32. The van der Waals surface area contributed by atoms with Gasteiger partial charge in [0.25, 0.3) is 5.22 Å². The second-order valence-corrected chi connectivity index (χ2v) is 10.8. The highest BCUT2D eigenvalue weighted by Crippen LogP contribution is 2.36. The van der Waals surface area contributed by atoms with Crippen LogP contribution in [0.3, 0.4) is 0 Å². The molecule has 6 aromatic rings. The number of thiazole rings is 1. The number of benzene rings is 4. The lowest BCUT2D eigenvalue weighted by molar-refractivity contribution is -0.113. The van der Waals surface area contributed by atoms with Gasteiger partial charge in [-0.1, -0.05) is 78.5 Å². The normalized spacial score (nSPS) is 11.1. The van der Waals surface area contributed by atoms with Crippen molar-refractivity contribution in [2.75, 3.05) is 11.1 Å². The largest absolute Gasteiger partial charge is 0.431 e. The van der Waals surface area contributed by atoms with Gasteiger partial charge < -0.3 is 9.73 Å². The topological polar surface area (TPSA) is 68.0 Å². The predicted molar refractivity (Wildman–Crippen MR) is 157 cm³/mol. The summed E-state index contributed by atoms with van der Waals surface area (Å²) in [6.07, 6.45) is 0. The first-order valence-electron chi connectivity index (χ1n) is 12.1. The highest BCUT2D eigenvalue weighted by Gasteiger charge is 2.18. The first-order valence-corrected chi connectivity index (χ1v) is 13.9. The summed E-state index contributed by atoms with van der Waals surface area (Å²) < 4.78 is 7.29. The van der Waals surface area contributed by atoms with Crippen LogP contribution in [0.15, 0.2) is 113 Å². The van der Waals surface area contributed by atoms with Crippen molar-refractivity contribution < 1.29 is 9.21 Å². The van der Waals surface area contributed by atoms with Crippen molar-refractivity contribution in [1.82, 2.24) is 9.97 Å². The molecule has 7 heteroatoms. The van der Waals surface area contributed by atoms with Gasteiger partial charge in [-0.15, -0.1) is 11.3 Å². The van der Waals surface area contributed by atoms with Crippen LogP contribution in [0.1, 0.15) is 5.56 Å². The zero-order valence-electron chi connectivity index (χ0n) is 20.5. The summed E-state index contributed by atoms with van der Waals surface area (Å²) in [5.74, 6) is 0.751. The molecule has 0 atom stereocenters. The quantitative estimate of drug-likeness (QED) is 0.209. The van der Waals surface area contributed by atoms with Gasteiger partial charge in [0, 0.05) is 22.4 Å². The summed E-state index contributed by atoms with van der Waals surface area (Å²) in [4.78, 5) is 22.2. The smallest absolute Gasteiger partial charge is 0.257 e. The van der Waals surface area contributed by atoms with E-state index in [2.05, 4.69) is 30.4 Å². The molecule has 186 valence electrons. The number of oxazole rings is 1. The van der Waals surface area contributed by atoms with Crippen LogP contribution in [0.5, 0.6) is 0 Å². The third kappa shape index (κ3) is 5.25. The molecule has 2 heterocycles. The summed E-state index contributed by atoms with van der Waals surface area (Å²) in [6.45, 7) is 2.08. The molecule has 0 spiro atoms. The van der Waals surface area contributed by atoms with Crippen LogP contribution in [0.4, 0.5) is 5.69 Å². The average molecular weight is 534 g/mol. The number of thioether (sulfide) groups is 1. The van der Waals surface area contributed by atoms with E-state index in [9.17, 15) is 4.79 Å². The molecule has 0 unspecified atom stereocenters. The molecule has 0 aliphatic carbocycles. The van der Waals surface area contributed by atoms with Crippen molar-refractivity contribution in [3.05, 3.63) is 109 Å². The zero-order valence-corrected chi connectivity index (χ0v) is 22.2. The first-order chi connectivity index (χ1) is 18.6. The number of nitrogens with one attached hydrogen (secondary N) is 1.